The van der Waals surface area contributed by atoms with Crippen LogP contribution in [0.2, 0.25) is 0 Å². The zero-order valence-electron chi connectivity index (χ0n) is 29.1. The maximum Gasteiger partial charge on any atom is 0.414 e. The summed E-state index contributed by atoms with van der Waals surface area (Å²) in [6.07, 6.45) is 11.4. The van der Waals surface area contributed by atoms with Crippen molar-refractivity contribution < 1.29 is 36.7 Å². The van der Waals surface area contributed by atoms with E-state index >= 15 is 0 Å². The molecule has 1 aromatic carbocycles. The molecule has 3 saturated carbocycles. The first-order chi connectivity index (χ1) is 24.9. The Bertz CT molecular complexity index is 1750. The number of thiocarbonyl (C=S) groups is 1. The smallest absolute Gasteiger partial charge is 0.414 e. The molecule has 3 aliphatic heterocycles. The number of allylic oxidation sites excluding steroid dienone is 1. The lowest BCUT2D eigenvalue weighted by molar-refractivity contribution is -0.141. The summed E-state index contributed by atoms with van der Waals surface area (Å²) in [5.74, 6) is -2.67. The topological polar surface area (TPSA) is 166 Å². The number of fused-ring (bicyclic) bond motifs is 3. The number of nitrogens with zero attached hydrogens (tertiary/aromatic N) is 2. The number of amides is 4. The van der Waals surface area contributed by atoms with Crippen molar-refractivity contribution in [3.05, 3.63) is 41.7 Å². The Labute approximate surface area is 308 Å². The van der Waals surface area contributed by atoms with Gasteiger partial charge in [0.05, 0.1) is 17.5 Å². The summed E-state index contributed by atoms with van der Waals surface area (Å²) in [6.45, 7) is 0.133. The van der Waals surface area contributed by atoms with E-state index in [1.807, 2.05) is 12.2 Å². The van der Waals surface area contributed by atoms with Crippen LogP contribution in [0.15, 0.2) is 30.4 Å². The number of rotatable bonds is 6. The lowest BCUT2D eigenvalue weighted by atomic mass is 10.0. The molecule has 0 unspecified atom stereocenters. The van der Waals surface area contributed by atoms with Crippen molar-refractivity contribution >= 4 is 56.9 Å². The van der Waals surface area contributed by atoms with Crippen LogP contribution in [-0.4, -0.2) is 90.4 Å². The van der Waals surface area contributed by atoms with Crippen LogP contribution < -0.4 is 25.6 Å². The minimum absolute atomic E-state index is 0.0524. The van der Waals surface area contributed by atoms with Crippen molar-refractivity contribution in [3.63, 3.8) is 0 Å². The second-order valence-corrected chi connectivity index (χ2v) is 17.4. The normalized spacial score (nSPS) is 29.6. The van der Waals surface area contributed by atoms with Gasteiger partial charge in [-0.2, -0.15) is 0 Å². The summed E-state index contributed by atoms with van der Waals surface area (Å²) < 4.78 is 48.1. The van der Waals surface area contributed by atoms with Gasteiger partial charge in [0.2, 0.25) is 21.8 Å². The van der Waals surface area contributed by atoms with E-state index in [0.29, 0.717) is 48.5 Å². The van der Waals surface area contributed by atoms with Gasteiger partial charge < -0.3 is 25.6 Å². The number of benzene rings is 1. The fraction of sp³-hybridized carbons (Fsp3) is 0.639. The molecule has 1 aromatic rings. The van der Waals surface area contributed by atoms with Crippen LogP contribution in [0, 0.1) is 11.7 Å². The molecule has 1 saturated heterocycles. The Morgan fingerprint density at radius 3 is 2.56 bits per heavy atom. The predicted molar refractivity (Wildman–Crippen MR) is 194 cm³/mol. The van der Waals surface area contributed by atoms with Crippen LogP contribution in [-0.2, 0) is 35.6 Å². The van der Waals surface area contributed by atoms with E-state index in [2.05, 4.69) is 20.7 Å². The zero-order valence-corrected chi connectivity index (χ0v) is 30.7. The van der Waals surface area contributed by atoms with E-state index < -0.39 is 74.5 Å². The third-order valence-electron chi connectivity index (χ3n) is 11.3. The molecule has 16 heteroatoms. The maximum absolute atomic E-state index is 14.5. The van der Waals surface area contributed by atoms with E-state index in [0.717, 1.165) is 44.9 Å². The SMILES string of the molecule is O=C1N[C@]2(C(=O)NS(=O)(=O)C3CC3)C[C@H]2C=CCCCCC[C@H](NC(=S)NC2CCCC2)C(=O)N2C[C@H](OC(=O)N3CCc4c(F)cccc43)C[C@@H]12. The van der Waals surface area contributed by atoms with E-state index in [1.165, 1.54) is 21.9 Å². The summed E-state index contributed by atoms with van der Waals surface area (Å²) in [5, 5.41) is 9.13. The quantitative estimate of drug-likeness (QED) is 0.250. The summed E-state index contributed by atoms with van der Waals surface area (Å²) in [4.78, 5) is 58.6. The number of nitrogens with one attached hydrogen (secondary N) is 4. The lowest BCUT2D eigenvalue weighted by Gasteiger charge is -2.30. The molecular weight excluding hydrogens is 712 g/mol. The van der Waals surface area contributed by atoms with E-state index in [4.69, 9.17) is 17.0 Å². The highest BCUT2D eigenvalue weighted by Crippen LogP contribution is 2.46. The molecule has 3 heterocycles. The van der Waals surface area contributed by atoms with Crippen molar-refractivity contribution in [2.45, 2.75) is 125 Å². The molecule has 52 heavy (non-hydrogen) atoms. The molecule has 4 fully saturated rings. The molecule has 4 N–H and O–H groups in total. The lowest BCUT2D eigenvalue weighted by Crippen LogP contribution is -2.59. The first-order valence-corrected chi connectivity index (χ1v) is 20.6. The van der Waals surface area contributed by atoms with Gasteiger partial charge in [-0.15, -0.1) is 0 Å². The number of hydrogen-bond donors (Lipinski definition) is 4. The van der Waals surface area contributed by atoms with Crippen LogP contribution in [0.4, 0.5) is 14.9 Å². The van der Waals surface area contributed by atoms with Crippen molar-refractivity contribution in [2.24, 2.45) is 5.92 Å². The van der Waals surface area contributed by atoms with Crippen LogP contribution >= 0.6 is 12.2 Å². The van der Waals surface area contributed by atoms with Gasteiger partial charge in [0, 0.05) is 30.5 Å². The minimum Gasteiger partial charge on any atom is -0.444 e. The molecule has 0 spiro atoms. The molecule has 6 aliphatic rings. The Morgan fingerprint density at radius 1 is 1.02 bits per heavy atom. The number of sulfonamides is 1. The summed E-state index contributed by atoms with van der Waals surface area (Å²) in [7, 11) is -3.89. The van der Waals surface area contributed by atoms with E-state index in [1.54, 1.807) is 6.07 Å². The number of hydrogen-bond acceptors (Lipinski definition) is 8. The Balaban J connectivity index is 1.14. The highest BCUT2D eigenvalue weighted by atomic mass is 32.2. The first kappa shape index (κ1) is 36.6. The van der Waals surface area contributed by atoms with Crippen LogP contribution in [0.25, 0.3) is 0 Å². The molecule has 0 radical (unpaired) electrons. The molecular formula is C36H47FN6O7S2. The molecule has 0 bridgehead atoms. The van der Waals surface area contributed by atoms with Gasteiger partial charge in [0.25, 0.3) is 5.91 Å². The Kier molecular flexibility index (Phi) is 10.5. The van der Waals surface area contributed by atoms with Gasteiger partial charge in [-0.25, -0.2) is 17.6 Å². The fourth-order valence-electron chi connectivity index (χ4n) is 8.09. The van der Waals surface area contributed by atoms with Crippen molar-refractivity contribution in [1.82, 2.24) is 25.6 Å². The van der Waals surface area contributed by atoms with Crippen LogP contribution in [0.1, 0.15) is 89.0 Å². The number of halogens is 1. The summed E-state index contributed by atoms with van der Waals surface area (Å²) in [6, 6.07) is 2.84. The third-order valence-corrected chi connectivity index (χ3v) is 13.4. The molecule has 7 rings (SSSR count). The summed E-state index contributed by atoms with van der Waals surface area (Å²) >= 11 is 5.65. The molecule has 3 aliphatic carbocycles. The monoisotopic (exact) mass is 758 g/mol. The number of carbonyl (C=O) groups excluding carboxylic acids is 4. The van der Waals surface area contributed by atoms with Gasteiger partial charge in [-0.05, 0) is 82.1 Å². The highest BCUT2D eigenvalue weighted by Gasteiger charge is 2.62. The molecule has 5 atom stereocenters. The van der Waals surface area contributed by atoms with Crippen LogP contribution in [0.5, 0.6) is 0 Å². The minimum atomic E-state index is -3.89. The predicted octanol–water partition coefficient (Wildman–Crippen LogP) is 3.07. The average molecular weight is 759 g/mol. The number of ether oxygens (including phenoxy) is 1. The maximum atomic E-state index is 14.5. The molecule has 4 amide bonds. The van der Waals surface area contributed by atoms with Gasteiger partial charge in [-0.3, -0.25) is 24.0 Å². The van der Waals surface area contributed by atoms with Crippen molar-refractivity contribution in [3.8, 4) is 0 Å². The first-order valence-electron chi connectivity index (χ1n) is 18.6. The zero-order chi connectivity index (χ0) is 36.6. The average Bonchev–Trinajstić information content (AvgIpc) is 3.89. The largest absolute Gasteiger partial charge is 0.444 e. The Hall–Kier alpha value is -3.79. The number of anilines is 1. The highest BCUT2D eigenvalue weighted by molar-refractivity contribution is 7.91. The van der Waals surface area contributed by atoms with Crippen molar-refractivity contribution in [2.75, 3.05) is 18.0 Å². The van der Waals surface area contributed by atoms with Gasteiger partial charge in [0.1, 0.15) is 29.5 Å². The molecule has 13 nitrogen and oxygen atoms in total. The Morgan fingerprint density at radius 2 is 1.79 bits per heavy atom. The van der Waals surface area contributed by atoms with Crippen molar-refractivity contribution in [1.29, 1.82) is 0 Å². The van der Waals surface area contributed by atoms with Gasteiger partial charge in [0.15, 0.2) is 5.11 Å². The van der Waals surface area contributed by atoms with Gasteiger partial charge >= 0.3 is 6.09 Å². The van der Waals surface area contributed by atoms with Gasteiger partial charge in [-0.1, -0.05) is 43.9 Å². The van der Waals surface area contributed by atoms with E-state index in [9.17, 15) is 32.0 Å². The van der Waals surface area contributed by atoms with Crippen LogP contribution in [0.3, 0.4) is 0 Å². The molecule has 0 aromatic heterocycles. The second kappa shape index (κ2) is 14.9. The summed E-state index contributed by atoms with van der Waals surface area (Å²) in [5.41, 5.74) is -0.668. The second-order valence-electron chi connectivity index (χ2n) is 15.1. The van der Waals surface area contributed by atoms with E-state index in [-0.39, 0.29) is 32.0 Å². The standard InChI is InChI=1S/C36H47FN6O7S2/c37-27-12-8-14-29-26(27)17-18-42(29)35(47)50-24-19-30-31(44)40-36(33(46)41-52(48,49)25-15-16-25)20-22(36)9-4-2-1-3-5-13-28(32(45)43(30)21-24)39-34(51)38-23-10-6-7-11-23/h4,8-9,12,14,22-25,28,30H,1-3,5-7,10-11,13,15-21H2,(H,40,44)(H,41,46)(H2,38,39,51)/t22-,24-,28+,30+,36-/m1/s1. The molecule has 282 valence electrons. The number of carbonyl (C=O) groups is 4. The third kappa shape index (κ3) is 7.78. The fourth-order valence-corrected chi connectivity index (χ4v) is 9.76.